The standard InChI is InChI=1S/C27H37N5O2/c1-17(2)21-14-31(7-6-28-21)26(34)22-15-32-23(4-3-5-24(32)30-22)25(33)29-16-27-11-18-8-19(12-27)10-20(9-18)13-27/h3-5,15,17-21,28H,6-14,16H2,1-2H3,(H,29,33)/t18?,19?,20?,21-,27?/m1/s1. The molecule has 0 aromatic carbocycles. The van der Waals surface area contributed by atoms with Crippen LogP contribution in [-0.4, -0.2) is 58.3 Å². The van der Waals surface area contributed by atoms with E-state index in [9.17, 15) is 9.59 Å². The number of hydrogen-bond donors (Lipinski definition) is 2. The van der Waals surface area contributed by atoms with Gasteiger partial charge in [0.2, 0.25) is 0 Å². The van der Waals surface area contributed by atoms with Gasteiger partial charge in [-0.05, 0) is 79.7 Å². The first-order valence-corrected chi connectivity index (χ1v) is 13.2. The molecule has 5 aliphatic rings. The molecule has 2 aromatic rings. The van der Waals surface area contributed by atoms with Crippen LogP contribution < -0.4 is 10.6 Å². The van der Waals surface area contributed by atoms with Crippen LogP contribution in [0.3, 0.4) is 0 Å². The number of rotatable bonds is 5. The molecule has 0 radical (unpaired) electrons. The monoisotopic (exact) mass is 463 g/mol. The fraction of sp³-hybridized carbons (Fsp3) is 0.667. The number of fused-ring (bicyclic) bond motifs is 1. The summed E-state index contributed by atoms with van der Waals surface area (Å²) >= 11 is 0. The zero-order valence-corrected chi connectivity index (χ0v) is 20.4. The number of nitrogens with one attached hydrogen (secondary N) is 2. The molecule has 3 heterocycles. The number of carbonyl (C=O) groups excluding carboxylic acids is 2. The average molecular weight is 464 g/mol. The molecule has 4 bridgehead atoms. The Balaban J connectivity index is 1.18. The van der Waals surface area contributed by atoms with Gasteiger partial charge in [-0.15, -0.1) is 0 Å². The molecular formula is C27H37N5O2. The molecule has 0 spiro atoms. The third-order valence-electron chi connectivity index (χ3n) is 9.03. The smallest absolute Gasteiger partial charge is 0.274 e. The lowest BCUT2D eigenvalue weighted by atomic mass is 9.49. The van der Waals surface area contributed by atoms with Crippen LogP contribution in [-0.2, 0) is 0 Å². The van der Waals surface area contributed by atoms with E-state index in [0.717, 1.165) is 30.8 Å². The number of hydrogen-bond acceptors (Lipinski definition) is 4. The van der Waals surface area contributed by atoms with Crippen molar-refractivity contribution in [1.82, 2.24) is 24.9 Å². The molecule has 1 atom stereocenters. The Kier molecular flexibility index (Phi) is 5.43. The van der Waals surface area contributed by atoms with Crippen molar-refractivity contribution in [3.63, 3.8) is 0 Å². The number of carbonyl (C=O) groups is 2. The first-order chi connectivity index (χ1) is 16.4. The van der Waals surface area contributed by atoms with E-state index >= 15 is 0 Å². The van der Waals surface area contributed by atoms with Gasteiger partial charge >= 0.3 is 0 Å². The molecule has 0 unspecified atom stereocenters. The maximum Gasteiger partial charge on any atom is 0.274 e. The maximum absolute atomic E-state index is 13.3. The molecule has 182 valence electrons. The molecule has 7 nitrogen and oxygen atoms in total. The van der Waals surface area contributed by atoms with Gasteiger partial charge < -0.3 is 15.5 Å². The van der Waals surface area contributed by atoms with Crippen molar-refractivity contribution in [3.8, 4) is 0 Å². The van der Waals surface area contributed by atoms with Gasteiger partial charge in [0.1, 0.15) is 17.0 Å². The SMILES string of the molecule is CC(C)[C@H]1CN(C(=O)c2cn3c(C(=O)NCC45CC6CC(CC(C6)C4)C5)cccc3n2)CCN1. The van der Waals surface area contributed by atoms with Crippen molar-refractivity contribution in [2.24, 2.45) is 29.1 Å². The molecule has 2 aromatic heterocycles. The Morgan fingerprint density at radius 2 is 1.85 bits per heavy atom. The fourth-order valence-electron chi connectivity index (χ4n) is 7.73. The van der Waals surface area contributed by atoms with Gasteiger partial charge in [-0.2, -0.15) is 0 Å². The summed E-state index contributed by atoms with van der Waals surface area (Å²) in [5, 5.41) is 6.77. The van der Waals surface area contributed by atoms with Crippen LogP contribution in [0.2, 0.25) is 0 Å². The summed E-state index contributed by atoms with van der Waals surface area (Å²) in [6.45, 7) is 7.26. The van der Waals surface area contributed by atoms with Crippen LogP contribution in [0.4, 0.5) is 0 Å². The molecule has 34 heavy (non-hydrogen) atoms. The van der Waals surface area contributed by atoms with E-state index < -0.39 is 0 Å². The number of nitrogens with zero attached hydrogens (tertiary/aromatic N) is 3. The molecule has 1 aliphatic heterocycles. The third kappa shape index (κ3) is 3.92. The summed E-state index contributed by atoms with van der Waals surface area (Å²) in [5.74, 6) is 2.94. The van der Waals surface area contributed by atoms with Gasteiger partial charge in [0.25, 0.3) is 11.8 Å². The topological polar surface area (TPSA) is 78.7 Å². The van der Waals surface area contributed by atoms with Crippen molar-refractivity contribution in [1.29, 1.82) is 0 Å². The van der Waals surface area contributed by atoms with Crippen LogP contribution >= 0.6 is 0 Å². The lowest BCUT2D eigenvalue weighted by Gasteiger charge is -2.56. The first kappa shape index (κ1) is 22.1. The number of aromatic nitrogens is 2. The highest BCUT2D eigenvalue weighted by Crippen LogP contribution is 2.59. The second kappa shape index (κ2) is 8.36. The predicted molar refractivity (Wildman–Crippen MR) is 131 cm³/mol. The van der Waals surface area contributed by atoms with Gasteiger partial charge in [-0.25, -0.2) is 4.98 Å². The fourth-order valence-corrected chi connectivity index (χ4v) is 7.73. The quantitative estimate of drug-likeness (QED) is 0.713. The van der Waals surface area contributed by atoms with E-state index in [-0.39, 0.29) is 11.8 Å². The van der Waals surface area contributed by atoms with Gasteiger partial charge in [0.15, 0.2) is 0 Å². The molecule has 2 N–H and O–H groups in total. The van der Waals surface area contributed by atoms with Gasteiger partial charge in [0, 0.05) is 38.4 Å². The second-order valence-electron chi connectivity index (χ2n) is 11.9. The van der Waals surface area contributed by atoms with Crippen molar-refractivity contribution >= 4 is 17.5 Å². The zero-order valence-electron chi connectivity index (χ0n) is 20.4. The minimum Gasteiger partial charge on any atom is -0.350 e. The maximum atomic E-state index is 13.3. The molecule has 2 amide bonds. The van der Waals surface area contributed by atoms with Crippen LogP contribution in [0, 0.1) is 29.1 Å². The number of piperazine rings is 1. The molecular weight excluding hydrogens is 426 g/mol. The Labute approximate surface area is 201 Å². The number of amides is 2. The van der Waals surface area contributed by atoms with Crippen molar-refractivity contribution in [2.45, 2.75) is 58.4 Å². The summed E-state index contributed by atoms with van der Waals surface area (Å²) < 4.78 is 1.78. The van der Waals surface area contributed by atoms with Gasteiger partial charge in [-0.3, -0.25) is 14.0 Å². The number of imidazole rings is 1. The molecule has 5 fully saturated rings. The van der Waals surface area contributed by atoms with Crippen molar-refractivity contribution in [3.05, 3.63) is 35.8 Å². The van der Waals surface area contributed by atoms with E-state index in [1.165, 1.54) is 38.5 Å². The van der Waals surface area contributed by atoms with Gasteiger partial charge in [-0.1, -0.05) is 19.9 Å². The summed E-state index contributed by atoms with van der Waals surface area (Å²) in [6.07, 6.45) is 9.78. The number of pyridine rings is 1. The Bertz CT molecular complexity index is 1070. The molecule has 7 rings (SSSR count). The third-order valence-corrected chi connectivity index (χ3v) is 9.03. The lowest BCUT2D eigenvalue weighted by molar-refractivity contribution is -0.0503. The predicted octanol–water partition coefficient (Wildman–Crippen LogP) is 3.35. The van der Waals surface area contributed by atoms with Crippen LogP contribution in [0.15, 0.2) is 24.4 Å². The highest BCUT2D eigenvalue weighted by molar-refractivity contribution is 5.95. The minimum atomic E-state index is -0.0696. The van der Waals surface area contributed by atoms with E-state index in [0.29, 0.717) is 47.5 Å². The van der Waals surface area contributed by atoms with Gasteiger partial charge in [0.05, 0.1) is 0 Å². The van der Waals surface area contributed by atoms with Crippen LogP contribution in [0.1, 0.15) is 73.3 Å². The normalized spacial score (nSPS) is 32.5. The van der Waals surface area contributed by atoms with E-state index in [1.807, 2.05) is 23.1 Å². The molecule has 1 saturated heterocycles. The summed E-state index contributed by atoms with van der Waals surface area (Å²) in [6, 6.07) is 5.84. The highest BCUT2D eigenvalue weighted by atomic mass is 16.2. The van der Waals surface area contributed by atoms with Crippen molar-refractivity contribution < 1.29 is 9.59 Å². The Hall–Kier alpha value is -2.41. The van der Waals surface area contributed by atoms with E-state index in [2.05, 4.69) is 29.5 Å². The first-order valence-electron chi connectivity index (χ1n) is 13.2. The Morgan fingerprint density at radius 3 is 2.53 bits per heavy atom. The summed E-state index contributed by atoms with van der Waals surface area (Å²) in [5.41, 5.74) is 1.89. The largest absolute Gasteiger partial charge is 0.350 e. The molecule has 7 heteroatoms. The summed E-state index contributed by atoms with van der Waals surface area (Å²) in [4.78, 5) is 33.0. The minimum absolute atomic E-state index is 0.0595. The Morgan fingerprint density at radius 1 is 1.15 bits per heavy atom. The molecule has 4 saturated carbocycles. The van der Waals surface area contributed by atoms with Crippen LogP contribution in [0.25, 0.3) is 5.65 Å². The van der Waals surface area contributed by atoms with E-state index in [4.69, 9.17) is 0 Å². The lowest BCUT2D eigenvalue weighted by Crippen LogP contribution is -2.54. The molecule has 4 aliphatic carbocycles. The van der Waals surface area contributed by atoms with Crippen molar-refractivity contribution in [2.75, 3.05) is 26.2 Å². The van der Waals surface area contributed by atoms with Crippen LogP contribution in [0.5, 0.6) is 0 Å². The summed E-state index contributed by atoms with van der Waals surface area (Å²) in [7, 11) is 0. The second-order valence-corrected chi connectivity index (χ2v) is 11.9. The zero-order chi connectivity index (χ0) is 23.4. The highest BCUT2D eigenvalue weighted by Gasteiger charge is 2.50. The van der Waals surface area contributed by atoms with E-state index in [1.54, 1.807) is 10.6 Å². The average Bonchev–Trinajstić information content (AvgIpc) is 3.26.